The molecule has 3 nitrogen and oxygen atoms in total. The maximum atomic E-state index is 9.69. The largest absolute Gasteiger partial charge is 0.394 e. The highest BCUT2D eigenvalue weighted by Crippen LogP contribution is 2.32. The number of rotatable bonds is 14. The highest BCUT2D eigenvalue weighted by Gasteiger charge is 2.09. The number of aliphatic hydroxyl groups is 2. The highest BCUT2D eigenvalue weighted by atomic mass is 32.2. The van der Waals surface area contributed by atoms with Gasteiger partial charge in [0.15, 0.2) is 0 Å². The van der Waals surface area contributed by atoms with Gasteiger partial charge in [-0.25, -0.2) is 0 Å². The van der Waals surface area contributed by atoms with Gasteiger partial charge in [-0.1, -0.05) is 65.3 Å². The molecular formula is C31H42NO2S. The number of nitrogens with zero attached hydrogens (tertiary/aromatic N) is 1. The van der Waals surface area contributed by atoms with Crippen LogP contribution in [0.2, 0.25) is 0 Å². The van der Waals surface area contributed by atoms with Crippen molar-refractivity contribution >= 4 is 17.4 Å². The van der Waals surface area contributed by atoms with Crippen LogP contribution in [0, 0.1) is 6.07 Å². The monoisotopic (exact) mass is 492 g/mol. The fraction of sp³-hybridized carbons (Fsp3) is 0.419. The number of thioether (sulfide) groups is 1. The first-order chi connectivity index (χ1) is 16.8. The van der Waals surface area contributed by atoms with Gasteiger partial charge >= 0.3 is 0 Å². The molecule has 0 aliphatic heterocycles. The molecule has 1 atom stereocenters. The Balaban J connectivity index is 1.92. The summed E-state index contributed by atoms with van der Waals surface area (Å²) in [6, 6.07) is 17.9. The lowest BCUT2D eigenvalue weighted by atomic mass is 10.1. The van der Waals surface area contributed by atoms with E-state index in [1.807, 2.05) is 35.8 Å². The van der Waals surface area contributed by atoms with Gasteiger partial charge in [-0.15, -0.1) is 11.8 Å². The molecule has 4 heteroatoms. The molecule has 2 aromatic rings. The summed E-state index contributed by atoms with van der Waals surface area (Å²) in [5.41, 5.74) is 7.65. The van der Waals surface area contributed by atoms with Crippen molar-refractivity contribution in [2.24, 2.45) is 0 Å². The number of aliphatic hydroxyl groups excluding tert-OH is 2. The van der Waals surface area contributed by atoms with Gasteiger partial charge in [-0.05, 0) is 82.7 Å². The minimum absolute atomic E-state index is 0.232. The Morgan fingerprint density at radius 1 is 0.971 bits per heavy atom. The van der Waals surface area contributed by atoms with Crippen molar-refractivity contribution < 1.29 is 10.2 Å². The zero-order chi connectivity index (χ0) is 25.6. The summed E-state index contributed by atoms with van der Waals surface area (Å²) in [4.78, 5) is 3.11. The first-order valence-corrected chi connectivity index (χ1v) is 13.5. The molecule has 2 aromatic carbocycles. The summed E-state index contributed by atoms with van der Waals surface area (Å²) in [7, 11) is 1.92. The Labute approximate surface area is 217 Å². The number of hydrogen-bond acceptors (Lipinski definition) is 4. The van der Waals surface area contributed by atoms with E-state index in [-0.39, 0.29) is 6.61 Å². The molecule has 0 heterocycles. The van der Waals surface area contributed by atoms with Gasteiger partial charge in [0.2, 0.25) is 0 Å². The van der Waals surface area contributed by atoms with E-state index >= 15 is 0 Å². The maximum Gasteiger partial charge on any atom is 0.0945 e. The van der Waals surface area contributed by atoms with Crippen molar-refractivity contribution in [1.82, 2.24) is 0 Å². The molecule has 0 spiro atoms. The molecule has 1 radical (unpaired) electrons. The first kappa shape index (κ1) is 29.0. The molecule has 0 amide bonds. The smallest absolute Gasteiger partial charge is 0.0945 e. The van der Waals surface area contributed by atoms with Gasteiger partial charge in [-0.2, -0.15) is 0 Å². The molecule has 0 saturated carbocycles. The Morgan fingerprint density at radius 2 is 1.63 bits per heavy atom. The van der Waals surface area contributed by atoms with Gasteiger partial charge in [0, 0.05) is 29.9 Å². The van der Waals surface area contributed by atoms with E-state index in [0.29, 0.717) is 6.54 Å². The standard InChI is InChI=1S/C31H42NO2S/c1-24(2)10-8-11-25(3)12-9-13-26(4)20-21-35-31-15-7-6-14-30(31)27-16-18-28(19-17-27)32(5)22-29(34)23-33/h6-7,10,12,14,16-20,29,33-34H,8-9,11,13,21-23H2,1-5H3/b25-12+,26-20+. The third kappa shape index (κ3) is 10.9. The second-order valence-electron chi connectivity index (χ2n) is 9.45. The Hall–Kier alpha value is -2.27. The zero-order valence-corrected chi connectivity index (χ0v) is 22.9. The molecule has 0 aliphatic rings. The SMILES string of the molecule is CC(C)=CCC/C(C)=C/CC/C(C)=C/CSc1[c]cccc1-c1ccc(N(C)CC(O)CO)cc1. The van der Waals surface area contributed by atoms with Crippen molar-refractivity contribution in [2.75, 3.05) is 30.9 Å². The van der Waals surface area contributed by atoms with E-state index in [1.54, 1.807) is 0 Å². The fourth-order valence-corrected chi connectivity index (χ4v) is 4.78. The van der Waals surface area contributed by atoms with Gasteiger partial charge < -0.3 is 15.1 Å². The maximum absolute atomic E-state index is 9.69. The Bertz CT molecular complexity index is 987. The van der Waals surface area contributed by atoms with Crippen LogP contribution in [0.25, 0.3) is 11.1 Å². The summed E-state index contributed by atoms with van der Waals surface area (Å²) in [5, 5.41) is 18.8. The molecule has 0 saturated heterocycles. The molecule has 189 valence electrons. The summed E-state index contributed by atoms with van der Waals surface area (Å²) in [6.07, 6.45) is 10.8. The van der Waals surface area contributed by atoms with E-state index < -0.39 is 6.10 Å². The van der Waals surface area contributed by atoms with Crippen molar-refractivity contribution in [3.63, 3.8) is 0 Å². The van der Waals surface area contributed by atoms with Crippen molar-refractivity contribution in [1.29, 1.82) is 0 Å². The fourth-order valence-electron chi connectivity index (χ4n) is 3.75. The van der Waals surface area contributed by atoms with E-state index in [0.717, 1.165) is 47.6 Å². The average molecular weight is 493 g/mol. The summed E-state index contributed by atoms with van der Waals surface area (Å²) < 4.78 is 0. The van der Waals surface area contributed by atoms with Crippen molar-refractivity contribution in [3.8, 4) is 11.1 Å². The summed E-state index contributed by atoms with van der Waals surface area (Å²) >= 11 is 1.82. The van der Waals surface area contributed by atoms with Crippen LogP contribution in [0.15, 0.2) is 82.3 Å². The minimum Gasteiger partial charge on any atom is -0.394 e. The normalized spacial score (nSPS) is 13.0. The van der Waals surface area contributed by atoms with Gasteiger partial charge in [0.25, 0.3) is 0 Å². The predicted octanol–water partition coefficient (Wildman–Crippen LogP) is 7.45. The molecule has 0 aliphatic carbocycles. The topological polar surface area (TPSA) is 43.7 Å². The number of benzene rings is 2. The van der Waals surface area contributed by atoms with E-state index in [9.17, 15) is 5.11 Å². The van der Waals surface area contributed by atoms with E-state index in [1.165, 1.54) is 22.3 Å². The van der Waals surface area contributed by atoms with E-state index in [2.05, 4.69) is 82.3 Å². The third-order valence-corrected chi connectivity index (χ3v) is 6.87. The lowest BCUT2D eigenvalue weighted by molar-refractivity contribution is 0.101. The molecule has 35 heavy (non-hydrogen) atoms. The predicted molar refractivity (Wildman–Crippen MR) is 153 cm³/mol. The second-order valence-corrected chi connectivity index (χ2v) is 10.5. The lowest BCUT2D eigenvalue weighted by Gasteiger charge is -2.22. The molecule has 2 rings (SSSR count). The van der Waals surface area contributed by atoms with Crippen molar-refractivity contribution in [2.45, 2.75) is 64.4 Å². The van der Waals surface area contributed by atoms with Crippen molar-refractivity contribution in [3.05, 3.63) is 83.5 Å². The number of allylic oxidation sites excluding steroid dienone is 5. The van der Waals surface area contributed by atoms with Crippen LogP contribution < -0.4 is 4.90 Å². The molecule has 1 unspecified atom stereocenters. The minimum atomic E-state index is -0.740. The van der Waals surface area contributed by atoms with Crippen LogP contribution in [0.3, 0.4) is 0 Å². The first-order valence-electron chi connectivity index (χ1n) is 12.5. The second kappa shape index (κ2) is 15.7. The quantitative estimate of drug-likeness (QED) is 0.212. The summed E-state index contributed by atoms with van der Waals surface area (Å²) in [6.45, 7) is 8.95. The van der Waals surface area contributed by atoms with Gasteiger partial charge in [-0.3, -0.25) is 0 Å². The Morgan fingerprint density at radius 3 is 2.29 bits per heavy atom. The number of anilines is 1. The van der Waals surface area contributed by atoms with Gasteiger partial charge in [0.05, 0.1) is 12.7 Å². The average Bonchev–Trinajstić information content (AvgIpc) is 2.84. The molecule has 0 fully saturated rings. The molecular weight excluding hydrogens is 450 g/mol. The molecule has 2 N–H and O–H groups in total. The Kier molecular flexibility index (Phi) is 13.0. The van der Waals surface area contributed by atoms with Crippen LogP contribution in [0.1, 0.15) is 53.4 Å². The number of likely N-dealkylation sites (N-methyl/N-ethyl adjacent to an activating group) is 1. The number of hydrogen-bond donors (Lipinski definition) is 2. The van der Waals surface area contributed by atoms with Gasteiger partial charge in [0.1, 0.15) is 0 Å². The summed E-state index contributed by atoms with van der Waals surface area (Å²) in [5.74, 6) is 0.933. The van der Waals surface area contributed by atoms with Crippen LogP contribution in [-0.2, 0) is 0 Å². The van der Waals surface area contributed by atoms with E-state index in [4.69, 9.17) is 5.11 Å². The van der Waals surface area contributed by atoms with Crippen LogP contribution in [-0.4, -0.2) is 42.3 Å². The van der Waals surface area contributed by atoms with Crippen LogP contribution >= 0.6 is 11.8 Å². The van der Waals surface area contributed by atoms with Crippen LogP contribution in [0.5, 0.6) is 0 Å². The lowest BCUT2D eigenvalue weighted by Crippen LogP contribution is -2.31. The van der Waals surface area contributed by atoms with Crippen LogP contribution in [0.4, 0.5) is 5.69 Å². The highest BCUT2D eigenvalue weighted by molar-refractivity contribution is 7.99. The zero-order valence-electron chi connectivity index (χ0n) is 22.1. The molecule has 0 aromatic heterocycles. The third-order valence-electron chi connectivity index (χ3n) is 5.91. The molecule has 0 bridgehead atoms.